The molecule has 0 spiro atoms. The summed E-state index contributed by atoms with van der Waals surface area (Å²) in [5.41, 5.74) is 1.03. The topological polar surface area (TPSA) is 106 Å². The number of hydrogen-bond donors (Lipinski definition) is 3. The Morgan fingerprint density at radius 2 is 1.68 bits per heavy atom. The maximum Gasteiger partial charge on any atom is 0.257 e. The predicted molar refractivity (Wildman–Crippen MR) is 110 cm³/mol. The number of hydrogen-bond acceptors (Lipinski definition) is 6. The SMILES string of the molecule is COCCNCCOc1ccc(NC(=O)c2ccccc2NS(C)(=O)=O)cc1. The van der Waals surface area contributed by atoms with Crippen molar-refractivity contribution in [3.8, 4) is 5.75 Å². The van der Waals surface area contributed by atoms with Gasteiger partial charge in [0.1, 0.15) is 12.4 Å². The number of para-hydroxylation sites is 1. The lowest BCUT2D eigenvalue weighted by atomic mass is 10.1. The van der Waals surface area contributed by atoms with Gasteiger partial charge < -0.3 is 20.1 Å². The molecule has 0 aliphatic rings. The third kappa shape index (κ3) is 7.55. The Balaban J connectivity index is 1.91. The van der Waals surface area contributed by atoms with Crippen molar-refractivity contribution < 1.29 is 22.7 Å². The normalized spacial score (nSPS) is 11.1. The van der Waals surface area contributed by atoms with Gasteiger partial charge in [0.25, 0.3) is 5.91 Å². The summed E-state index contributed by atoms with van der Waals surface area (Å²) in [6.45, 7) is 2.63. The zero-order valence-corrected chi connectivity index (χ0v) is 16.7. The van der Waals surface area contributed by atoms with Crippen LogP contribution in [0.25, 0.3) is 0 Å². The summed E-state index contributed by atoms with van der Waals surface area (Å²) in [5, 5.41) is 5.92. The first kappa shape index (κ1) is 21.7. The number of amides is 1. The first-order chi connectivity index (χ1) is 13.4. The summed E-state index contributed by atoms with van der Waals surface area (Å²) >= 11 is 0. The summed E-state index contributed by atoms with van der Waals surface area (Å²) in [5.74, 6) is 0.272. The average Bonchev–Trinajstić information content (AvgIpc) is 2.65. The monoisotopic (exact) mass is 407 g/mol. The van der Waals surface area contributed by atoms with Crippen molar-refractivity contribution in [2.45, 2.75) is 0 Å². The highest BCUT2D eigenvalue weighted by molar-refractivity contribution is 7.92. The van der Waals surface area contributed by atoms with Gasteiger partial charge in [0.2, 0.25) is 10.0 Å². The van der Waals surface area contributed by atoms with Crippen LogP contribution in [-0.2, 0) is 14.8 Å². The van der Waals surface area contributed by atoms with Gasteiger partial charge in [-0.1, -0.05) is 12.1 Å². The lowest BCUT2D eigenvalue weighted by Gasteiger charge is -2.12. The van der Waals surface area contributed by atoms with E-state index in [2.05, 4.69) is 15.4 Å². The summed E-state index contributed by atoms with van der Waals surface area (Å²) in [6, 6.07) is 13.4. The molecule has 0 bridgehead atoms. The minimum absolute atomic E-state index is 0.225. The molecule has 2 aromatic rings. The molecule has 0 unspecified atom stereocenters. The minimum atomic E-state index is -3.49. The number of carbonyl (C=O) groups excluding carboxylic acids is 1. The zero-order valence-electron chi connectivity index (χ0n) is 15.9. The lowest BCUT2D eigenvalue weighted by molar-refractivity contribution is 0.102. The van der Waals surface area contributed by atoms with Gasteiger partial charge in [0.05, 0.1) is 24.1 Å². The third-order valence-corrected chi connectivity index (χ3v) is 4.20. The van der Waals surface area contributed by atoms with Crippen LogP contribution in [0.15, 0.2) is 48.5 Å². The number of benzene rings is 2. The maximum absolute atomic E-state index is 12.5. The van der Waals surface area contributed by atoms with Crippen LogP contribution in [-0.4, -0.2) is 54.0 Å². The van der Waals surface area contributed by atoms with Crippen LogP contribution in [0.2, 0.25) is 0 Å². The highest BCUT2D eigenvalue weighted by Gasteiger charge is 2.13. The van der Waals surface area contributed by atoms with E-state index in [0.29, 0.717) is 31.2 Å². The second-order valence-corrected chi connectivity index (χ2v) is 7.74. The fourth-order valence-electron chi connectivity index (χ4n) is 2.34. The Hall–Kier alpha value is -2.62. The Labute approximate surface area is 165 Å². The first-order valence-electron chi connectivity index (χ1n) is 8.70. The number of nitrogens with one attached hydrogen (secondary N) is 3. The van der Waals surface area contributed by atoms with E-state index >= 15 is 0 Å². The summed E-state index contributed by atoms with van der Waals surface area (Å²) in [7, 11) is -1.83. The van der Waals surface area contributed by atoms with Crippen molar-refractivity contribution in [1.29, 1.82) is 0 Å². The summed E-state index contributed by atoms with van der Waals surface area (Å²) in [4.78, 5) is 12.5. The largest absolute Gasteiger partial charge is 0.492 e. The van der Waals surface area contributed by atoms with Crippen molar-refractivity contribution in [3.63, 3.8) is 0 Å². The number of anilines is 2. The van der Waals surface area contributed by atoms with E-state index in [1.165, 1.54) is 6.07 Å². The van der Waals surface area contributed by atoms with Crippen molar-refractivity contribution in [2.24, 2.45) is 0 Å². The summed E-state index contributed by atoms with van der Waals surface area (Å²) < 4.78 is 35.8. The van der Waals surface area contributed by atoms with Gasteiger partial charge >= 0.3 is 0 Å². The lowest BCUT2D eigenvalue weighted by Crippen LogP contribution is -2.24. The number of methoxy groups -OCH3 is 1. The van der Waals surface area contributed by atoms with Crippen molar-refractivity contribution >= 4 is 27.3 Å². The molecule has 0 atom stereocenters. The minimum Gasteiger partial charge on any atom is -0.492 e. The van der Waals surface area contributed by atoms with Crippen LogP contribution in [0.1, 0.15) is 10.4 Å². The molecule has 9 heteroatoms. The molecule has 1 amide bonds. The smallest absolute Gasteiger partial charge is 0.257 e. The van der Waals surface area contributed by atoms with Crippen molar-refractivity contribution in [2.75, 3.05) is 49.7 Å². The number of rotatable bonds is 11. The van der Waals surface area contributed by atoms with Crippen LogP contribution < -0.4 is 20.1 Å². The molecule has 8 nitrogen and oxygen atoms in total. The van der Waals surface area contributed by atoms with Gasteiger partial charge in [-0.3, -0.25) is 9.52 Å². The number of carbonyl (C=O) groups is 1. The van der Waals surface area contributed by atoms with Gasteiger partial charge in [0, 0.05) is 25.9 Å². The molecule has 0 saturated carbocycles. The van der Waals surface area contributed by atoms with E-state index in [4.69, 9.17) is 9.47 Å². The Morgan fingerprint density at radius 3 is 2.36 bits per heavy atom. The molecule has 2 aromatic carbocycles. The molecule has 0 aliphatic carbocycles. The van der Waals surface area contributed by atoms with Crippen LogP contribution >= 0.6 is 0 Å². The quantitative estimate of drug-likeness (QED) is 0.492. The highest BCUT2D eigenvalue weighted by Crippen LogP contribution is 2.20. The molecular weight excluding hydrogens is 382 g/mol. The van der Waals surface area contributed by atoms with Gasteiger partial charge in [0.15, 0.2) is 0 Å². The van der Waals surface area contributed by atoms with Crippen LogP contribution in [0, 0.1) is 0 Å². The molecule has 152 valence electrons. The van der Waals surface area contributed by atoms with Gasteiger partial charge in [-0.25, -0.2) is 8.42 Å². The molecular formula is C19H25N3O5S. The molecule has 0 aliphatic heterocycles. The predicted octanol–water partition coefficient (Wildman–Crippen LogP) is 1.93. The van der Waals surface area contributed by atoms with Crippen LogP contribution in [0.3, 0.4) is 0 Å². The Kier molecular flexibility index (Phi) is 8.24. The first-order valence-corrected chi connectivity index (χ1v) is 10.6. The number of ether oxygens (including phenoxy) is 2. The van der Waals surface area contributed by atoms with Crippen LogP contribution in [0.5, 0.6) is 5.75 Å². The molecule has 0 radical (unpaired) electrons. The summed E-state index contributed by atoms with van der Waals surface area (Å²) in [6.07, 6.45) is 1.04. The highest BCUT2D eigenvalue weighted by atomic mass is 32.2. The Bertz CT molecular complexity index is 869. The maximum atomic E-state index is 12.5. The van der Waals surface area contributed by atoms with E-state index in [1.807, 2.05) is 0 Å². The fraction of sp³-hybridized carbons (Fsp3) is 0.316. The second kappa shape index (κ2) is 10.6. The van der Waals surface area contributed by atoms with E-state index < -0.39 is 15.9 Å². The van der Waals surface area contributed by atoms with Crippen LogP contribution in [0.4, 0.5) is 11.4 Å². The van der Waals surface area contributed by atoms with E-state index in [-0.39, 0.29) is 11.3 Å². The average molecular weight is 407 g/mol. The molecule has 0 fully saturated rings. The van der Waals surface area contributed by atoms with Crippen molar-refractivity contribution in [1.82, 2.24) is 5.32 Å². The van der Waals surface area contributed by atoms with Gasteiger partial charge in [-0.05, 0) is 36.4 Å². The Morgan fingerprint density at radius 1 is 1.00 bits per heavy atom. The molecule has 0 saturated heterocycles. The van der Waals surface area contributed by atoms with E-state index in [9.17, 15) is 13.2 Å². The molecule has 2 rings (SSSR count). The second-order valence-electron chi connectivity index (χ2n) is 5.99. The molecule has 0 heterocycles. The van der Waals surface area contributed by atoms with E-state index in [0.717, 1.165) is 12.8 Å². The zero-order chi connectivity index (χ0) is 20.4. The van der Waals surface area contributed by atoms with E-state index in [1.54, 1.807) is 49.6 Å². The van der Waals surface area contributed by atoms with Gasteiger partial charge in [-0.15, -0.1) is 0 Å². The fourth-order valence-corrected chi connectivity index (χ4v) is 2.92. The molecule has 28 heavy (non-hydrogen) atoms. The standard InChI is InChI=1S/C19H25N3O5S/c1-26-13-11-20-12-14-27-16-9-7-15(8-10-16)21-19(23)17-5-3-4-6-18(17)22-28(2,24)25/h3-10,20,22H,11-14H2,1-2H3,(H,21,23). The third-order valence-electron chi connectivity index (χ3n) is 3.61. The molecule has 0 aromatic heterocycles. The molecule has 3 N–H and O–H groups in total. The number of sulfonamides is 1. The van der Waals surface area contributed by atoms with Crippen molar-refractivity contribution in [3.05, 3.63) is 54.1 Å². The van der Waals surface area contributed by atoms with Gasteiger partial charge in [-0.2, -0.15) is 0 Å².